The molecule has 0 bridgehead atoms. The molecule has 0 saturated carbocycles. The van der Waals surface area contributed by atoms with E-state index in [2.05, 4.69) is 11.9 Å². The van der Waals surface area contributed by atoms with Gasteiger partial charge in [-0.25, -0.2) is 9.18 Å². The first kappa shape index (κ1) is 22.6. The molecule has 4 rings (SSSR count). The van der Waals surface area contributed by atoms with Crippen molar-refractivity contribution in [1.29, 1.82) is 0 Å². The molecule has 33 heavy (non-hydrogen) atoms. The summed E-state index contributed by atoms with van der Waals surface area (Å²) in [6.45, 7) is 2.83. The molecule has 10 heteroatoms. The summed E-state index contributed by atoms with van der Waals surface area (Å²) in [5, 5.41) is 0. The lowest BCUT2D eigenvalue weighted by atomic mass is 10.1. The van der Waals surface area contributed by atoms with Gasteiger partial charge in [-0.1, -0.05) is 12.1 Å². The van der Waals surface area contributed by atoms with E-state index in [0.717, 1.165) is 23.9 Å². The summed E-state index contributed by atoms with van der Waals surface area (Å²) in [6, 6.07) is 11.0. The Bertz CT molecular complexity index is 1210. The largest absolute Gasteiger partial charge is 0.473 e. The SMILES string of the molecule is C[C@@H]1CCn2c(cc(OCc3ccc(Oc4ccc(C(F)(F)F)c(F)c4)cc3)nc2=O)N1C. The predicted molar refractivity (Wildman–Crippen MR) is 113 cm³/mol. The molecule has 0 aliphatic carbocycles. The van der Waals surface area contributed by atoms with Crippen molar-refractivity contribution < 1.29 is 27.0 Å². The van der Waals surface area contributed by atoms with Crippen LogP contribution in [0.4, 0.5) is 23.4 Å². The van der Waals surface area contributed by atoms with Crippen molar-refractivity contribution in [2.75, 3.05) is 11.9 Å². The van der Waals surface area contributed by atoms with Crippen LogP contribution in [-0.4, -0.2) is 22.6 Å². The van der Waals surface area contributed by atoms with E-state index in [-0.39, 0.29) is 23.9 Å². The molecule has 0 radical (unpaired) electrons. The third-order valence-electron chi connectivity index (χ3n) is 5.55. The quantitative estimate of drug-likeness (QED) is 0.499. The second-order valence-corrected chi connectivity index (χ2v) is 7.81. The van der Waals surface area contributed by atoms with Crippen molar-refractivity contribution in [1.82, 2.24) is 9.55 Å². The summed E-state index contributed by atoms with van der Waals surface area (Å²) in [7, 11) is 1.92. The van der Waals surface area contributed by atoms with Crippen molar-refractivity contribution in [3.8, 4) is 17.4 Å². The standard InChI is InChI=1S/C23H21F4N3O3/c1-14-9-10-30-21(29(14)2)12-20(28-22(30)31)32-13-15-3-5-16(6-4-15)33-17-7-8-18(19(24)11-17)23(25,26)27/h3-8,11-12,14H,9-10,13H2,1-2H3/t14-/m1/s1. The number of ether oxygens (including phenoxy) is 2. The van der Waals surface area contributed by atoms with Crippen LogP contribution in [0.2, 0.25) is 0 Å². The van der Waals surface area contributed by atoms with Crippen LogP contribution in [0.1, 0.15) is 24.5 Å². The van der Waals surface area contributed by atoms with Gasteiger partial charge in [-0.3, -0.25) is 4.57 Å². The van der Waals surface area contributed by atoms with E-state index >= 15 is 0 Å². The molecule has 1 atom stereocenters. The normalized spacial score (nSPS) is 15.8. The highest BCUT2D eigenvalue weighted by Crippen LogP contribution is 2.34. The van der Waals surface area contributed by atoms with Crippen LogP contribution in [0.5, 0.6) is 17.4 Å². The Morgan fingerprint density at radius 2 is 1.79 bits per heavy atom. The topological polar surface area (TPSA) is 56.6 Å². The van der Waals surface area contributed by atoms with Crippen LogP contribution in [0, 0.1) is 5.82 Å². The third kappa shape index (κ3) is 4.94. The van der Waals surface area contributed by atoms with Crippen LogP contribution in [0.3, 0.4) is 0 Å². The molecular weight excluding hydrogens is 442 g/mol. The molecule has 0 N–H and O–H groups in total. The Hall–Kier alpha value is -3.56. The summed E-state index contributed by atoms with van der Waals surface area (Å²) in [6.07, 6.45) is -3.91. The van der Waals surface area contributed by atoms with E-state index in [1.54, 1.807) is 34.9 Å². The molecule has 2 aromatic carbocycles. The Kier molecular flexibility index (Phi) is 6.01. The van der Waals surface area contributed by atoms with Gasteiger partial charge in [0.05, 0.1) is 5.56 Å². The predicted octanol–water partition coefficient (Wildman–Crippen LogP) is 5.00. The fourth-order valence-electron chi connectivity index (χ4n) is 3.52. The van der Waals surface area contributed by atoms with E-state index in [0.29, 0.717) is 30.5 Å². The molecule has 1 aromatic heterocycles. The highest BCUT2D eigenvalue weighted by Gasteiger charge is 2.34. The van der Waals surface area contributed by atoms with Crippen LogP contribution in [-0.2, 0) is 19.3 Å². The maximum Gasteiger partial charge on any atom is 0.419 e. The van der Waals surface area contributed by atoms with Crippen molar-refractivity contribution in [3.63, 3.8) is 0 Å². The minimum Gasteiger partial charge on any atom is -0.473 e. The monoisotopic (exact) mass is 463 g/mol. The van der Waals surface area contributed by atoms with E-state index < -0.39 is 17.6 Å². The fraction of sp³-hybridized carbons (Fsp3) is 0.304. The van der Waals surface area contributed by atoms with E-state index in [4.69, 9.17) is 9.47 Å². The fourth-order valence-corrected chi connectivity index (χ4v) is 3.52. The number of hydrogen-bond donors (Lipinski definition) is 0. The molecule has 174 valence electrons. The van der Waals surface area contributed by atoms with Crippen LogP contribution in [0.25, 0.3) is 0 Å². The van der Waals surface area contributed by atoms with E-state index in [1.807, 2.05) is 11.9 Å². The molecule has 3 aromatic rings. The number of aromatic nitrogens is 2. The molecule has 2 heterocycles. The van der Waals surface area contributed by atoms with Gasteiger partial charge in [-0.15, -0.1) is 0 Å². The minimum atomic E-state index is -4.77. The first-order valence-electron chi connectivity index (χ1n) is 10.2. The number of anilines is 1. The van der Waals surface area contributed by atoms with Crippen LogP contribution >= 0.6 is 0 Å². The van der Waals surface area contributed by atoms with Gasteiger partial charge in [0.1, 0.15) is 29.7 Å². The number of nitrogens with zero attached hydrogens (tertiary/aromatic N) is 3. The van der Waals surface area contributed by atoms with Gasteiger partial charge < -0.3 is 14.4 Å². The van der Waals surface area contributed by atoms with Gasteiger partial charge in [0.15, 0.2) is 0 Å². The summed E-state index contributed by atoms with van der Waals surface area (Å²) in [5.74, 6) is -0.178. The highest BCUT2D eigenvalue weighted by atomic mass is 19.4. The summed E-state index contributed by atoms with van der Waals surface area (Å²) >= 11 is 0. The van der Waals surface area contributed by atoms with Gasteiger partial charge in [-0.05, 0) is 43.2 Å². The van der Waals surface area contributed by atoms with Gasteiger partial charge in [-0.2, -0.15) is 18.2 Å². The Labute approximate surface area is 187 Å². The molecule has 0 unspecified atom stereocenters. The number of fused-ring (bicyclic) bond motifs is 1. The molecule has 1 aliphatic rings. The highest BCUT2D eigenvalue weighted by molar-refractivity contribution is 5.44. The molecular formula is C23H21F4N3O3. The average molecular weight is 463 g/mol. The van der Waals surface area contributed by atoms with Crippen molar-refractivity contribution in [2.45, 2.75) is 38.7 Å². The van der Waals surface area contributed by atoms with Gasteiger partial charge in [0, 0.05) is 31.8 Å². The summed E-state index contributed by atoms with van der Waals surface area (Å²) in [5.41, 5.74) is -0.963. The lowest BCUT2D eigenvalue weighted by Gasteiger charge is -2.34. The summed E-state index contributed by atoms with van der Waals surface area (Å²) < 4.78 is 64.5. The number of halogens is 4. The Morgan fingerprint density at radius 1 is 1.09 bits per heavy atom. The van der Waals surface area contributed by atoms with Crippen molar-refractivity contribution in [2.24, 2.45) is 0 Å². The average Bonchev–Trinajstić information content (AvgIpc) is 2.75. The Balaban J connectivity index is 1.41. The number of alkyl halides is 3. The minimum absolute atomic E-state index is 0.0541. The summed E-state index contributed by atoms with van der Waals surface area (Å²) in [4.78, 5) is 18.3. The van der Waals surface area contributed by atoms with Crippen molar-refractivity contribution >= 4 is 5.82 Å². The lowest BCUT2D eigenvalue weighted by Crippen LogP contribution is -2.41. The zero-order valence-electron chi connectivity index (χ0n) is 17.9. The zero-order chi connectivity index (χ0) is 23.8. The molecule has 1 aliphatic heterocycles. The zero-order valence-corrected chi connectivity index (χ0v) is 17.9. The van der Waals surface area contributed by atoms with Gasteiger partial charge in [0.25, 0.3) is 0 Å². The van der Waals surface area contributed by atoms with Crippen LogP contribution < -0.4 is 20.1 Å². The first-order chi connectivity index (χ1) is 15.6. The molecule has 0 amide bonds. The van der Waals surface area contributed by atoms with Crippen molar-refractivity contribution in [3.05, 3.63) is 76.0 Å². The second kappa shape index (κ2) is 8.76. The molecule has 0 spiro atoms. The molecule has 6 nitrogen and oxygen atoms in total. The van der Waals surface area contributed by atoms with Crippen LogP contribution in [0.15, 0.2) is 53.3 Å². The third-order valence-corrected chi connectivity index (χ3v) is 5.55. The smallest absolute Gasteiger partial charge is 0.419 e. The van der Waals surface area contributed by atoms with Gasteiger partial charge >= 0.3 is 11.9 Å². The maximum atomic E-state index is 13.7. The molecule has 0 saturated heterocycles. The Morgan fingerprint density at radius 3 is 2.45 bits per heavy atom. The lowest BCUT2D eigenvalue weighted by molar-refractivity contribution is -0.140. The van der Waals surface area contributed by atoms with E-state index in [1.165, 1.54) is 0 Å². The number of hydrogen-bond acceptors (Lipinski definition) is 5. The maximum absolute atomic E-state index is 13.7. The number of benzene rings is 2. The number of rotatable bonds is 5. The van der Waals surface area contributed by atoms with E-state index in [9.17, 15) is 22.4 Å². The van der Waals surface area contributed by atoms with Gasteiger partial charge in [0.2, 0.25) is 5.88 Å². The second-order valence-electron chi connectivity index (χ2n) is 7.81. The first-order valence-corrected chi connectivity index (χ1v) is 10.2. The molecule has 0 fully saturated rings.